The topological polar surface area (TPSA) is 0 Å². The highest BCUT2D eigenvalue weighted by Crippen LogP contribution is 2.60. The number of rotatable bonds is 10. The average molecular weight is 601 g/mol. The number of hydrogen-bond acceptors (Lipinski definition) is 0. The van der Waals surface area contributed by atoms with Crippen molar-refractivity contribution in [3.05, 3.63) is 112 Å². The summed E-state index contributed by atoms with van der Waals surface area (Å²) in [5.41, 5.74) is 9.79. The summed E-state index contributed by atoms with van der Waals surface area (Å²) in [6, 6.07) is 23.7. The maximum absolute atomic E-state index is 2.70. The third-order valence-corrected chi connectivity index (χ3v) is 17.4. The molecule has 0 nitrogen and oxygen atoms in total. The molecule has 3 aliphatic carbocycles. The Hall–Kier alpha value is -2.64. The minimum absolute atomic E-state index is 0.612. The lowest BCUT2D eigenvalue weighted by Gasteiger charge is -2.46. The standard InChI is InChI=1S/C43H56Si/c1-7-30-21-31(8-2)25-36(24-30)44(37-26-32(9-3)22-33(10-4)27-37,38-28-34(11-5)23-35(12-6)29-38)43-41-19-15-13-17-39(41)40-18-14-16-20-42(40)43/h13,15,17,19,21-29,39-43H,7-12,14,16,18,20H2,1-6H3. The Bertz CT molecular complexity index is 1320. The molecular weight excluding hydrogens is 545 g/mol. The molecule has 0 bridgehead atoms. The second-order valence-electron chi connectivity index (χ2n) is 14.1. The Morgan fingerprint density at radius 2 is 0.795 bits per heavy atom. The molecule has 3 aromatic carbocycles. The molecular formula is C43H56Si. The van der Waals surface area contributed by atoms with Gasteiger partial charge in [-0.05, 0) is 123 Å². The monoisotopic (exact) mass is 600 g/mol. The maximum Gasteiger partial charge on any atom is 0.152 e. The van der Waals surface area contributed by atoms with Gasteiger partial charge in [-0.2, -0.15) is 0 Å². The van der Waals surface area contributed by atoms with Gasteiger partial charge in [-0.3, -0.25) is 0 Å². The molecule has 232 valence electrons. The van der Waals surface area contributed by atoms with Crippen molar-refractivity contribution in [2.75, 3.05) is 0 Å². The largest absolute Gasteiger partial charge is 0.152 e. The van der Waals surface area contributed by atoms with Crippen LogP contribution < -0.4 is 15.6 Å². The van der Waals surface area contributed by atoms with Crippen LogP contribution in [0, 0.1) is 23.7 Å². The van der Waals surface area contributed by atoms with Gasteiger partial charge in [-0.25, -0.2) is 0 Å². The van der Waals surface area contributed by atoms with Gasteiger partial charge in [-0.1, -0.05) is 140 Å². The third-order valence-electron chi connectivity index (χ3n) is 11.9. The van der Waals surface area contributed by atoms with Crippen molar-refractivity contribution >= 4 is 23.6 Å². The SMILES string of the molecule is CCc1cc(CC)cc([Si](c2cc(CC)cc(CC)c2)(c2cc(CC)cc(CC)c2)C2C3C=CC=CC3C3CCCCC32)c1. The van der Waals surface area contributed by atoms with E-state index in [0.29, 0.717) is 17.4 Å². The van der Waals surface area contributed by atoms with Crippen molar-refractivity contribution in [1.82, 2.24) is 0 Å². The van der Waals surface area contributed by atoms with Crippen LogP contribution in [0.15, 0.2) is 78.9 Å². The molecule has 2 fully saturated rings. The minimum Gasteiger partial charge on any atom is -0.0808 e. The van der Waals surface area contributed by atoms with Crippen molar-refractivity contribution in [2.24, 2.45) is 23.7 Å². The molecule has 1 heteroatoms. The van der Waals surface area contributed by atoms with E-state index in [4.69, 9.17) is 0 Å². The highest BCUT2D eigenvalue weighted by molar-refractivity contribution is 7.12. The van der Waals surface area contributed by atoms with Crippen LogP contribution in [0.2, 0.25) is 5.54 Å². The minimum atomic E-state index is -2.58. The number of aryl methyl sites for hydroxylation is 6. The van der Waals surface area contributed by atoms with Crippen LogP contribution in [0.3, 0.4) is 0 Å². The quantitative estimate of drug-likeness (QED) is 0.161. The smallest absolute Gasteiger partial charge is 0.0808 e. The summed E-state index contributed by atoms with van der Waals surface area (Å²) in [6.45, 7) is 14.2. The Labute approximate surface area is 270 Å². The lowest BCUT2D eigenvalue weighted by molar-refractivity contribution is 0.247. The van der Waals surface area contributed by atoms with Crippen LogP contribution >= 0.6 is 0 Å². The Morgan fingerprint density at radius 1 is 0.455 bits per heavy atom. The fraction of sp³-hybridized carbons (Fsp3) is 0.488. The van der Waals surface area contributed by atoms with Crippen molar-refractivity contribution < 1.29 is 0 Å². The molecule has 3 aliphatic rings. The first-order valence-electron chi connectivity index (χ1n) is 18.2. The van der Waals surface area contributed by atoms with Gasteiger partial charge < -0.3 is 0 Å². The molecule has 0 saturated heterocycles. The van der Waals surface area contributed by atoms with Crippen molar-refractivity contribution in [2.45, 2.75) is 111 Å². The number of benzene rings is 3. The van der Waals surface area contributed by atoms with E-state index in [-0.39, 0.29) is 0 Å². The van der Waals surface area contributed by atoms with Gasteiger partial charge in [0.15, 0.2) is 8.07 Å². The maximum atomic E-state index is 2.70. The highest BCUT2D eigenvalue weighted by Gasteiger charge is 2.60. The molecule has 5 unspecified atom stereocenters. The van der Waals surface area contributed by atoms with Gasteiger partial charge in [0.05, 0.1) is 0 Å². The molecule has 0 spiro atoms. The molecule has 2 saturated carbocycles. The second-order valence-corrected chi connectivity index (χ2v) is 18.1. The normalized spacial score (nSPS) is 24.4. The molecule has 0 aliphatic heterocycles. The zero-order valence-corrected chi connectivity index (χ0v) is 29.5. The predicted molar refractivity (Wildman–Crippen MR) is 195 cm³/mol. The van der Waals surface area contributed by atoms with Gasteiger partial charge in [0.25, 0.3) is 0 Å². The lowest BCUT2D eigenvalue weighted by atomic mass is 9.77. The molecule has 0 heterocycles. The van der Waals surface area contributed by atoms with Crippen molar-refractivity contribution in [3.8, 4) is 0 Å². The fourth-order valence-electron chi connectivity index (χ4n) is 9.71. The van der Waals surface area contributed by atoms with E-state index in [2.05, 4.69) is 120 Å². The lowest BCUT2D eigenvalue weighted by Crippen LogP contribution is -2.72. The van der Waals surface area contributed by atoms with Crippen LogP contribution in [0.4, 0.5) is 0 Å². The molecule has 0 radical (unpaired) electrons. The molecule has 0 N–H and O–H groups in total. The Morgan fingerprint density at radius 3 is 1.16 bits per heavy atom. The summed E-state index contributed by atoms with van der Waals surface area (Å²) in [7, 11) is -2.58. The molecule has 0 amide bonds. The Kier molecular flexibility index (Phi) is 9.53. The molecule has 5 atom stereocenters. The molecule has 3 aromatic rings. The zero-order valence-electron chi connectivity index (χ0n) is 28.5. The van der Waals surface area contributed by atoms with Crippen molar-refractivity contribution in [1.29, 1.82) is 0 Å². The molecule has 6 rings (SSSR count). The van der Waals surface area contributed by atoms with E-state index in [9.17, 15) is 0 Å². The van der Waals surface area contributed by atoms with Gasteiger partial charge in [0.1, 0.15) is 0 Å². The van der Waals surface area contributed by atoms with E-state index in [1.807, 2.05) is 0 Å². The number of allylic oxidation sites excluding steroid dienone is 4. The van der Waals surface area contributed by atoms with E-state index in [0.717, 1.165) is 50.4 Å². The molecule has 44 heavy (non-hydrogen) atoms. The number of hydrogen-bond donors (Lipinski definition) is 0. The first-order valence-corrected chi connectivity index (χ1v) is 20.3. The zero-order chi connectivity index (χ0) is 30.8. The van der Waals surface area contributed by atoms with Gasteiger partial charge in [0, 0.05) is 0 Å². The summed E-state index contributed by atoms with van der Waals surface area (Å²) in [6.07, 6.45) is 22.3. The van der Waals surface area contributed by atoms with Crippen LogP contribution in [0.5, 0.6) is 0 Å². The van der Waals surface area contributed by atoms with Crippen molar-refractivity contribution in [3.63, 3.8) is 0 Å². The van der Waals surface area contributed by atoms with Gasteiger partial charge in [0.2, 0.25) is 0 Å². The predicted octanol–water partition coefficient (Wildman–Crippen LogP) is 9.08. The van der Waals surface area contributed by atoms with E-state index < -0.39 is 8.07 Å². The average Bonchev–Trinajstić information content (AvgIpc) is 3.42. The van der Waals surface area contributed by atoms with Crippen LogP contribution in [0.25, 0.3) is 0 Å². The van der Waals surface area contributed by atoms with E-state index in [1.165, 1.54) is 59.1 Å². The number of fused-ring (bicyclic) bond motifs is 3. The second kappa shape index (κ2) is 13.4. The summed E-state index contributed by atoms with van der Waals surface area (Å²) >= 11 is 0. The summed E-state index contributed by atoms with van der Waals surface area (Å²) in [5, 5.41) is 5.08. The van der Waals surface area contributed by atoms with Crippen LogP contribution in [-0.2, 0) is 38.5 Å². The Balaban J connectivity index is 1.79. The summed E-state index contributed by atoms with van der Waals surface area (Å²) < 4.78 is 0. The van der Waals surface area contributed by atoms with E-state index >= 15 is 0 Å². The third kappa shape index (κ3) is 5.42. The summed E-state index contributed by atoms with van der Waals surface area (Å²) in [4.78, 5) is 0. The first kappa shape index (κ1) is 31.3. The first-order chi connectivity index (χ1) is 21.5. The highest BCUT2D eigenvalue weighted by atomic mass is 28.3. The van der Waals surface area contributed by atoms with Crippen LogP contribution in [0.1, 0.15) is 101 Å². The molecule has 0 aromatic heterocycles. The van der Waals surface area contributed by atoms with Crippen LogP contribution in [-0.4, -0.2) is 8.07 Å². The van der Waals surface area contributed by atoms with E-state index in [1.54, 1.807) is 15.6 Å². The summed E-state index contributed by atoms with van der Waals surface area (Å²) in [5.74, 6) is 2.88. The van der Waals surface area contributed by atoms with Gasteiger partial charge in [-0.15, -0.1) is 0 Å². The fourth-order valence-corrected chi connectivity index (χ4v) is 16.3. The van der Waals surface area contributed by atoms with Gasteiger partial charge >= 0.3 is 0 Å².